The van der Waals surface area contributed by atoms with E-state index in [1.54, 1.807) is 6.20 Å². The van der Waals surface area contributed by atoms with Gasteiger partial charge in [-0.15, -0.1) is 5.10 Å². The first-order valence-corrected chi connectivity index (χ1v) is 7.80. The Kier molecular flexibility index (Phi) is 3.50. The first kappa shape index (κ1) is 15.1. The van der Waals surface area contributed by atoms with Crippen molar-refractivity contribution < 1.29 is 13.5 Å². The molecule has 0 spiro atoms. The van der Waals surface area contributed by atoms with E-state index in [-0.39, 0.29) is 0 Å². The maximum absolute atomic E-state index is 5.37. The third kappa shape index (κ3) is 2.56. The molecule has 130 valence electrons. The van der Waals surface area contributed by atoms with Crippen molar-refractivity contribution in [2.24, 2.45) is 0 Å². The summed E-state index contributed by atoms with van der Waals surface area (Å²) in [6.07, 6.45) is 8.94. The van der Waals surface area contributed by atoms with Crippen LogP contribution in [0.15, 0.2) is 69.2 Å². The second-order valence-electron chi connectivity index (χ2n) is 5.37. The third-order valence-electron chi connectivity index (χ3n) is 3.83. The number of rotatable bonds is 4. The lowest BCUT2D eigenvalue weighted by Crippen LogP contribution is -1.99. The summed E-state index contributed by atoms with van der Waals surface area (Å²) in [5, 5.41) is 11.6. The van der Waals surface area contributed by atoms with Crippen LogP contribution in [0.1, 0.15) is 0 Å². The van der Waals surface area contributed by atoms with Gasteiger partial charge in [0.2, 0.25) is 5.89 Å². The zero-order chi connectivity index (χ0) is 18.1. The van der Waals surface area contributed by atoms with Crippen molar-refractivity contribution in [1.82, 2.24) is 35.5 Å². The maximum Gasteiger partial charge on any atom is 0.231 e. The third-order valence-corrected chi connectivity index (χ3v) is 3.83. The lowest BCUT2D eigenvalue weighted by atomic mass is 10.0. The minimum absolute atomic E-state index is 0.355. The molecular weight excluding hydrogens is 350 g/mol. The molecule has 0 unspecified atom stereocenters. The molecule has 0 aliphatic carbocycles. The quantitative estimate of drug-likeness (QED) is 0.472. The van der Waals surface area contributed by atoms with Crippen LogP contribution in [0, 0.1) is 0 Å². The largest absolute Gasteiger partial charge is 0.444 e. The highest BCUT2D eigenvalue weighted by Gasteiger charge is 2.25. The van der Waals surface area contributed by atoms with E-state index in [1.165, 1.54) is 31.3 Å². The first-order chi connectivity index (χ1) is 13.4. The van der Waals surface area contributed by atoms with Crippen molar-refractivity contribution in [1.29, 1.82) is 0 Å². The van der Waals surface area contributed by atoms with Crippen LogP contribution in [0.3, 0.4) is 0 Å². The molecule has 0 saturated carbocycles. The van der Waals surface area contributed by atoms with Gasteiger partial charge in [0.1, 0.15) is 47.2 Å². The Hall–Kier alpha value is -4.21. The fourth-order valence-corrected chi connectivity index (χ4v) is 2.69. The number of hydrogen-bond acceptors (Lipinski definition) is 10. The van der Waals surface area contributed by atoms with Crippen molar-refractivity contribution in [3.63, 3.8) is 0 Å². The minimum atomic E-state index is 0.355. The highest BCUT2D eigenvalue weighted by atomic mass is 16.5. The Morgan fingerprint density at radius 3 is 2.52 bits per heavy atom. The van der Waals surface area contributed by atoms with E-state index in [9.17, 15) is 0 Å². The smallest absolute Gasteiger partial charge is 0.231 e. The molecular formula is C17H9N7O3. The lowest BCUT2D eigenvalue weighted by molar-refractivity contribution is 0.393. The van der Waals surface area contributed by atoms with E-state index in [0.29, 0.717) is 45.5 Å². The van der Waals surface area contributed by atoms with Gasteiger partial charge in [-0.2, -0.15) is 0 Å². The number of aromatic nitrogens is 7. The van der Waals surface area contributed by atoms with Gasteiger partial charge in [0.05, 0.1) is 17.5 Å². The van der Waals surface area contributed by atoms with Gasteiger partial charge < -0.3 is 13.5 Å². The maximum atomic E-state index is 5.37. The summed E-state index contributed by atoms with van der Waals surface area (Å²) in [6, 6.07) is 5.52. The van der Waals surface area contributed by atoms with E-state index in [2.05, 4.69) is 35.5 Å². The Morgan fingerprint density at radius 2 is 1.74 bits per heavy atom. The highest BCUT2D eigenvalue weighted by Crippen LogP contribution is 2.38. The van der Waals surface area contributed by atoms with Crippen LogP contribution in [-0.4, -0.2) is 35.5 Å². The van der Waals surface area contributed by atoms with Crippen molar-refractivity contribution in [3.05, 3.63) is 55.7 Å². The van der Waals surface area contributed by atoms with Crippen molar-refractivity contribution in [2.75, 3.05) is 0 Å². The minimum Gasteiger partial charge on any atom is -0.444 e. The molecule has 27 heavy (non-hydrogen) atoms. The number of hydrogen-bond donors (Lipinski definition) is 0. The van der Waals surface area contributed by atoms with Gasteiger partial charge in [-0.05, 0) is 12.1 Å². The zero-order valence-electron chi connectivity index (χ0n) is 13.6. The second kappa shape index (κ2) is 6.26. The molecule has 5 heterocycles. The normalized spacial score (nSPS) is 11.0. The molecule has 5 aromatic rings. The molecule has 0 aromatic carbocycles. The predicted molar refractivity (Wildman–Crippen MR) is 89.5 cm³/mol. The Labute approximate surface area is 150 Å². The molecule has 10 nitrogen and oxygen atoms in total. The molecule has 0 aliphatic heterocycles. The molecule has 0 fully saturated rings. The van der Waals surface area contributed by atoms with Crippen molar-refractivity contribution in [2.45, 2.75) is 0 Å². The first-order valence-electron chi connectivity index (χ1n) is 7.80. The van der Waals surface area contributed by atoms with Gasteiger partial charge in [-0.1, -0.05) is 11.2 Å². The Morgan fingerprint density at radius 1 is 0.778 bits per heavy atom. The molecule has 0 bridgehead atoms. The van der Waals surface area contributed by atoms with Gasteiger partial charge >= 0.3 is 0 Å². The number of pyridine rings is 1. The summed E-state index contributed by atoms with van der Waals surface area (Å²) in [4.78, 5) is 17.3. The molecule has 0 N–H and O–H groups in total. The molecule has 0 radical (unpaired) electrons. The lowest BCUT2D eigenvalue weighted by Gasteiger charge is -2.09. The molecule has 5 rings (SSSR count). The van der Waals surface area contributed by atoms with Gasteiger partial charge in [-0.3, -0.25) is 4.98 Å². The van der Waals surface area contributed by atoms with Gasteiger partial charge in [0, 0.05) is 11.5 Å². The molecule has 0 amide bonds. The van der Waals surface area contributed by atoms with Crippen LogP contribution in [0.2, 0.25) is 0 Å². The molecule has 5 aromatic heterocycles. The fraction of sp³-hybridized carbons (Fsp3) is 0. The molecule has 0 atom stereocenters. The van der Waals surface area contributed by atoms with E-state index in [1.807, 2.05) is 18.2 Å². The Bertz CT molecular complexity index is 1170. The highest BCUT2D eigenvalue weighted by molar-refractivity contribution is 5.90. The van der Waals surface area contributed by atoms with Gasteiger partial charge in [0.15, 0.2) is 6.26 Å². The average Bonchev–Trinajstić information content (AvgIpc) is 3.50. The second-order valence-corrected chi connectivity index (χ2v) is 5.37. The zero-order valence-corrected chi connectivity index (χ0v) is 13.6. The number of oxazole rings is 1. The van der Waals surface area contributed by atoms with Crippen LogP contribution >= 0.6 is 0 Å². The van der Waals surface area contributed by atoms with Crippen LogP contribution in [0.5, 0.6) is 0 Å². The molecule has 10 heteroatoms. The van der Waals surface area contributed by atoms with E-state index in [0.717, 1.165) is 0 Å². The monoisotopic (exact) mass is 359 g/mol. The summed E-state index contributed by atoms with van der Waals surface area (Å²) >= 11 is 0. The summed E-state index contributed by atoms with van der Waals surface area (Å²) in [6.45, 7) is 0. The summed E-state index contributed by atoms with van der Waals surface area (Å²) in [7, 11) is 0. The molecule has 0 saturated heterocycles. The summed E-state index contributed by atoms with van der Waals surface area (Å²) in [5.41, 5.74) is 3.62. The van der Waals surface area contributed by atoms with Crippen molar-refractivity contribution >= 4 is 0 Å². The topological polar surface area (TPSA) is 130 Å². The van der Waals surface area contributed by atoms with Crippen LogP contribution in [0.4, 0.5) is 0 Å². The summed E-state index contributed by atoms with van der Waals surface area (Å²) < 4.78 is 15.5. The number of nitrogens with zero attached hydrogens (tertiary/aromatic N) is 7. The van der Waals surface area contributed by atoms with Crippen LogP contribution in [0.25, 0.3) is 45.5 Å². The van der Waals surface area contributed by atoms with Crippen LogP contribution in [-0.2, 0) is 0 Å². The molecule has 0 aliphatic rings. The summed E-state index contributed by atoms with van der Waals surface area (Å²) in [5.74, 6) is 0.355. The van der Waals surface area contributed by atoms with Crippen molar-refractivity contribution in [3.8, 4) is 45.5 Å². The van der Waals surface area contributed by atoms with E-state index < -0.39 is 0 Å². The predicted octanol–water partition coefficient (Wildman–Crippen LogP) is 2.90. The average molecular weight is 359 g/mol. The Balaban J connectivity index is 1.79. The van der Waals surface area contributed by atoms with E-state index >= 15 is 0 Å². The van der Waals surface area contributed by atoms with Gasteiger partial charge in [0.25, 0.3) is 0 Å². The SMILES string of the molecule is c1ccc(-c2ncnc(-c3nocc3-c3ncco3)c2-c2conn2)nc1. The van der Waals surface area contributed by atoms with Crippen LogP contribution < -0.4 is 0 Å². The standard InChI is InChI=1S/C17H9N7O3/c1-2-4-18-11(3-1)15-13(12-8-27-24-22-12)16(21-9-20-15)14-10(7-26-23-14)17-19-5-6-25-17/h1-9H. The fourth-order valence-electron chi connectivity index (χ4n) is 2.69. The van der Waals surface area contributed by atoms with Gasteiger partial charge in [-0.25, -0.2) is 15.0 Å². The van der Waals surface area contributed by atoms with E-state index in [4.69, 9.17) is 13.5 Å².